The fraction of sp³-hybridized carbons (Fsp3) is 0.750. The zero-order valence-electron chi connectivity index (χ0n) is 9.83. The number of nitrogens with one attached hydrogen (secondary N) is 1. The van der Waals surface area contributed by atoms with E-state index in [1.807, 2.05) is 18.0 Å². The summed E-state index contributed by atoms with van der Waals surface area (Å²) in [7, 11) is 1.90. The number of carbonyl (C=O) groups excluding carboxylic acids is 1. The van der Waals surface area contributed by atoms with E-state index in [-0.39, 0.29) is 11.8 Å². The molecular formula is C12H22N2O. The van der Waals surface area contributed by atoms with Gasteiger partial charge < -0.3 is 10.2 Å². The first-order chi connectivity index (χ1) is 7.16. The molecule has 0 saturated carbocycles. The van der Waals surface area contributed by atoms with Crippen molar-refractivity contribution in [2.24, 2.45) is 11.8 Å². The summed E-state index contributed by atoms with van der Waals surface area (Å²) in [4.78, 5) is 13.9. The van der Waals surface area contributed by atoms with Crippen molar-refractivity contribution in [1.29, 1.82) is 0 Å². The molecule has 0 spiro atoms. The maximum atomic E-state index is 12.0. The second-order valence-electron chi connectivity index (χ2n) is 4.43. The second-order valence-corrected chi connectivity index (χ2v) is 4.43. The van der Waals surface area contributed by atoms with Crippen molar-refractivity contribution in [3.63, 3.8) is 0 Å². The summed E-state index contributed by atoms with van der Waals surface area (Å²) in [5.41, 5.74) is 0. The number of unbranched alkanes of at least 4 members (excludes halogenated alkanes) is 1. The van der Waals surface area contributed by atoms with Crippen molar-refractivity contribution in [2.75, 3.05) is 26.7 Å². The number of amides is 1. The monoisotopic (exact) mass is 210 g/mol. The Hall–Kier alpha value is -0.830. The molecule has 0 aromatic carbocycles. The lowest BCUT2D eigenvalue weighted by atomic mass is 9.97. The molecule has 0 aromatic rings. The molecular weight excluding hydrogens is 188 g/mol. The van der Waals surface area contributed by atoms with E-state index in [0.29, 0.717) is 5.92 Å². The third-order valence-electron chi connectivity index (χ3n) is 3.11. The number of rotatable bonds is 5. The van der Waals surface area contributed by atoms with E-state index in [2.05, 4.69) is 18.8 Å². The average Bonchev–Trinajstić information content (AvgIpc) is 2.63. The SMILES string of the molecule is C=CCCCN(C)C(=O)[C@@H]1CNC[C@H]1C. The second kappa shape index (κ2) is 5.91. The van der Waals surface area contributed by atoms with Crippen LogP contribution >= 0.6 is 0 Å². The molecule has 0 aliphatic carbocycles. The van der Waals surface area contributed by atoms with Gasteiger partial charge in [-0.1, -0.05) is 13.0 Å². The van der Waals surface area contributed by atoms with Gasteiger partial charge in [0.2, 0.25) is 5.91 Å². The zero-order chi connectivity index (χ0) is 11.3. The van der Waals surface area contributed by atoms with Gasteiger partial charge in [-0.15, -0.1) is 6.58 Å². The molecule has 1 rings (SSSR count). The predicted molar refractivity (Wildman–Crippen MR) is 62.6 cm³/mol. The van der Waals surface area contributed by atoms with Gasteiger partial charge in [0.15, 0.2) is 0 Å². The summed E-state index contributed by atoms with van der Waals surface area (Å²) in [5, 5.41) is 3.26. The molecule has 86 valence electrons. The van der Waals surface area contributed by atoms with E-state index >= 15 is 0 Å². The molecule has 1 aliphatic rings. The Balaban J connectivity index is 2.34. The highest BCUT2D eigenvalue weighted by Gasteiger charge is 2.31. The summed E-state index contributed by atoms with van der Waals surface area (Å²) >= 11 is 0. The number of allylic oxidation sites excluding steroid dienone is 1. The highest BCUT2D eigenvalue weighted by molar-refractivity contribution is 5.79. The van der Waals surface area contributed by atoms with Crippen molar-refractivity contribution in [3.8, 4) is 0 Å². The minimum Gasteiger partial charge on any atom is -0.345 e. The Bertz CT molecular complexity index is 228. The van der Waals surface area contributed by atoms with Crippen LogP contribution in [0.25, 0.3) is 0 Å². The minimum atomic E-state index is 0.179. The molecule has 0 radical (unpaired) electrons. The average molecular weight is 210 g/mol. The lowest BCUT2D eigenvalue weighted by Gasteiger charge is -2.22. The van der Waals surface area contributed by atoms with Crippen LogP contribution in [0.5, 0.6) is 0 Å². The lowest BCUT2D eigenvalue weighted by Crippen LogP contribution is -2.36. The van der Waals surface area contributed by atoms with Crippen molar-refractivity contribution in [3.05, 3.63) is 12.7 Å². The summed E-state index contributed by atoms with van der Waals surface area (Å²) in [6, 6.07) is 0. The fourth-order valence-corrected chi connectivity index (χ4v) is 2.01. The lowest BCUT2D eigenvalue weighted by molar-refractivity contribution is -0.134. The molecule has 1 fully saturated rings. The number of hydrogen-bond donors (Lipinski definition) is 1. The van der Waals surface area contributed by atoms with Gasteiger partial charge in [-0.25, -0.2) is 0 Å². The normalized spacial score (nSPS) is 25.2. The molecule has 0 unspecified atom stereocenters. The Morgan fingerprint density at radius 2 is 2.33 bits per heavy atom. The van der Waals surface area contributed by atoms with E-state index in [1.165, 1.54) is 0 Å². The Labute approximate surface area is 92.5 Å². The van der Waals surface area contributed by atoms with Crippen LogP contribution in [0, 0.1) is 11.8 Å². The summed E-state index contributed by atoms with van der Waals surface area (Å²) in [5.74, 6) is 0.939. The number of carbonyl (C=O) groups is 1. The smallest absolute Gasteiger partial charge is 0.227 e. The van der Waals surface area contributed by atoms with Crippen molar-refractivity contribution in [2.45, 2.75) is 19.8 Å². The minimum absolute atomic E-state index is 0.179. The van der Waals surface area contributed by atoms with Gasteiger partial charge in [0.05, 0.1) is 5.92 Å². The molecule has 1 heterocycles. The Morgan fingerprint density at radius 1 is 1.60 bits per heavy atom. The quantitative estimate of drug-likeness (QED) is 0.547. The number of nitrogens with zero attached hydrogens (tertiary/aromatic N) is 1. The van der Waals surface area contributed by atoms with Crippen LogP contribution < -0.4 is 5.32 Å². The first-order valence-electron chi connectivity index (χ1n) is 5.73. The van der Waals surface area contributed by atoms with Gasteiger partial charge in [0.25, 0.3) is 0 Å². The third kappa shape index (κ3) is 3.34. The van der Waals surface area contributed by atoms with Gasteiger partial charge >= 0.3 is 0 Å². The van der Waals surface area contributed by atoms with Gasteiger partial charge in [-0.3, -0.25) is 4.79 Å². The van der Waals surface area contributed by atoms with E-state index in [0.717, 1.165) is 32.5 Å². The standard InChI is InChI=1S/C12H22N2O/c1-4-5-6-7-14(3)12(15)11-9-13-8-10(11)2/h4,10-11,13H,1,5-9H2,2-3H3/t10-,11-/m1/s1. The maximum Gasteiger partial charge on any atom is 0.227 e. The molecule has 0 aromatic heterocycles. The molecule has 1 aliphatic heterocycles. The Morgan fingerprint density at radius 3 is 2.87 bits per heavy atom. The van der Waals surface area contributed by atoms with Crippen LogP contribution in [-0.2, 0) is 4.79 Å². The van der Waals surface area contributed by atoms with Crippen LogP contribution in [0.1, 0.15) is 19.8 Å². The van der Waals surface area contributed by atoms with Crippen molar-refractivity contribution < 1.29 is 4.79 Å². The molecule has 1 N–H and O–H groups in total. The van der Waals surface area contributed by atoms with Gasteiger partial charge in [0.1, 0.15) is 0 Å². The topological polar surface area (TPSA) is 32.3 Å². The largest absolute Gasteiger partial charge is 0.345 e. The molecule has 0 bridgehead atoms. The fourth-order valence-electron chi connectivity index (χ4n) is 2.01. The van der Waals surface area contributed by atoms with Crippen molar-refractivity contribution >= 4 is 5.91 Å². The first-order valence-corrected chi connectivity index (χ1v) is 5.73. The third-order valence-corrected chi connectivity index (χ3v) is 3.11. The maximum absolute atomic E-state index is 12.0. The molecule has 3 nitrogen and oxygen atoms in total. The van der Waals surface area contributed by atoms with E-state index in [9.17, 15) is 4.79 Å². The van der Waals surface area contributed by atoms with Crippen LogP contribution in [0.2, 0.25) is 0 Å². The molecule has 1 saturated heterocycles. The van der Waals surface area contributed by atoms with Crippen molar-refractivity contribution in [1.82, 2.24) is 10.2 Å². The highest BCUT2D eigenvalue weighted by Crippen LogP contribution is 2.18. The highest BCUT2D eigenvalue weighted by atomic mass is 16.2. The Kier molecular flexibility index (Phi) is 4.82. The van der Waals surface area contributed by atoms with Crippen LogP contribution in [0.3, 0.4) is 0 Å². The summed E-state index contributed by atoms with van der Waals surface area (Å²) < 4.78 is 0. The van der Waals surface area contributed by atoms with Gasteiger partial charge in [-0.2, -0.15) is 0 Å². The van der Waals surface area contributed by atoms with Gasteiger partial charge in [-0.05, 0) is 25.3 Å². The summed E-state index contributed by atoms with van der Waals surface area (Å²) in [6.07, 6.45) is 3.90. The van der Waals surface area contributed by atoms with E-state index < -0.39 is 0 Å². The van der Waals surface area contributed by atoms with E-state index in [4.69, 9.17) is 0 Å². The predicted octanol–water partition coefficient (Wildman–Crippen LogP) is 1.27. The van der Waals surface area contributed by atoms with Crippen LogP contribution in [0.4, 0.5) is 0 Å². The molecule has 2 atom stereocenters. The molecule has 1 amide bonds. The zero-order valence-corrected chi connectivity index (χ0v) is 9.83. The molecule has 15 heavy (non-hydrogen) atoms. The van der Waals surface area contributed by atoms with E-state index in [1.54, 1.807) is 0 Å². The number of hydrogen-bond acceptors (Lipinski definition) is 2. The molecule has 3 heteroatoms. The first kappa shape index (κ1) is 12.2. The van der Waals surface area contributed by atoms with Crippen LogP contribution in [0.15, 0.2) is 12.7 Å². The van der Waals surface area contributed by atoms with Crippen LogP contribution in [-0.4, -0.2) is 37.5 Å². The van der Waals surface area contributed by atoms with Gasteiger partial charge in [0, 0.05) is 20.1 Å². The summed E-state index contributed by atoms with van der Waals surface area (Å²) in [6.45, 7) is 8.47.